The van der Waals surface area contributed by atoms with Gasteiger partial charge in [-0.3, -0.25) is 4.79 Å². The number of benzene rings is 1. The van der Waals surface area contributed by atoms with Crippen molar-refractivity contribution in [3.05, 3.63) is 22.2 Å². The first kappa shape index (κ1) is 12.2. The molecule has 1 aliphatic carbocycles. The quantitative estimate of drug-likeness (QED) is 0.900. The Bertz CT molecular complexity index is 466. The van der Waals surface area contributed by atoms with Crippen molar-refractivity contribution in [2.24, 2.45) is 0 Å². The van der Waals surface area contributed by atoms with E-state index in [9.17, 15) is 15.0 Å². The van der Waals surface area contributed by atoms with Gasteiger partial charge in [-0.25, -0.2) is 0 Å². The highest BCUT2D eigenvalue weighted by atomic mass is 79.9. The fourth-order valence-electron chi connectivity index (χ4n) is 2.22. The number of carboxylic acids is 1. The largest absolute Gasteiger partial charge is 0.504 e. The molecule has 5 heteroatoms. The summed E-state index contributed by atoms with van der Waals surface area (Å²) in [6.45, 7) is 0. The lowest BCUT2D eigenvalue weighted by atomic mass is 9.64. The standard InChI is InChI=1S/C12H13BrO4/c1-17-9-6-7(13)5-8(10(9)14)12(11(15)16)3-2-4-12/h5-6,14H,2-4H2,1H3,(H,15,16). The molecule has 0 radical (unpaired) electrons. The van der Waals surface area contributed by atoms with Crippen LogP contribution in [-0.4, -0.2) is 23.3 Å². The number of aliphatic carboxylic acids is 1. The van der Waals surface area contributed by atoms with Gasteiger partial charge in [-0.15, -0.1) is 0 Å². The van der Waals surface area contributed by atoms with E-state index in [0.29, 0.717) is 28.6 Å². The van der Waals surface area contributed by atoms with Crippen molar-refractivity contribution in [3.8, 4) is 11.5 Å². The maximum Gasteiger partial charge on any atom is 0.314 e. The third kappa shape index (κ3) is 1.78. The van der Waals surface area contributed by atoms with E-state index < -0.39 is 11.4 Å². The SMILES string of the molecule is COc1cc(Br)cc(C2(C(=O)O)CCC2)c1O. The van der Waals surface area contributed by atoms with Gasteiger partial charge < -0.3 is 14.9 Å². The highest BCUT2D eigenvalue weighted by Crippen LogP contribution is 2.50. The van der Waals surface area contributed by atoms with Crippen LogP contribution in [0.4, 0.5) is 0 Å². The number of phenolic OH excluding ortho intramolecular Hbond substituents is 1. The fourth-order valence-corrected chi connectivity index (χ4v) is 2.66. The van der Waals surface area contributed by atoms with Crippen molar-refractivity contribution in [2.75, 3.05) is 7.11 Å². The summed E-state index contributed by atoms with van der Waals surface area (Å²) in [7, 11) is 1.44. The topological polar surface area (TPSA) is 66.8 Å². The fraction of sp³-hybridized carbons (Fsp3) is 0.417. The Morgan fingerprint density at radius 2 is 2.12 bits per heavy atom. The molecule has 17 heavy (non-hydrogen) atoms. The molecule has 0 bridgehead atoms. The second-order valence-corrected chi connectivity index (χ2v) is 5.16. The summed E-state index contributed by atoms with van der Waals surface area (Å²) < 4.78 is 5.74. The monoisotopic (exact) mass is 300 g/mol. The van der Waals surface area contributed by atoms with Gasteiger partial charge in [0.15, 0.2) is 11.5 Å². The minimum absolute atomic E-state index is 0.0715. The molecule has 0 saturated heterocycles. The van der Waals surface area contributed by atoms with E-state index in [0.717, 1.165) is 6.42 Å². The molecule has 0 heterocycles. The number of hydrogen-bond donors (Lipinski definition) is 2. The smallest absolute Gasteiger partial charge is 0.314 e. The number of halogens is 1. The van der Waals surface area contributed by atoms with Gasteiger partial charge in [0, 0.05) is 10.0 Å². The molecule has 0 atom stereocenters. The van der Waals surface area contributed by atoms with Gasteiger partial charge in [0.25, 0.3) is 0 Å². The third-order valence-electron chi connectivity index (χ3n) is 3.39. The molecule has 0 amide bonds. The molecule has 1 aliphatic rings. The summed E-state index contributed by atoms with van der Waals surface area (Å²) in [5.74, 6) is -0.668. The molecule has 1 aromatic carbocycles. The molecule has 0 unspecified atom stereocenters. The average molecular weight is 301 g/mol. The lowest BCUT2D eigenvalue weighted by Gasteiger charge is -2.38. The predicted octanol–water partition coefficient (Wildman–Crippen LogP) is 2.67. The van der Waals surface area contributed by atoms with Crippen LogP contribution in [0.15, 0.2) is 16.6 Å². The zero-order valence-electron chi connectivity index (χ0n) is 9.36. The maximum absolute atomic E-state index is 11.4. The molecule has 0 aliphatic heterocycles. The first-order valence-electron chi connectivity index (χ1n) is 5.31. The van der Waals surface area contributed by atoms with E-state index in [1.54, 1.807) is 12.1 Å². The molecule has 2 N–H and O–H groups in total. The number of ether oxygens (including phenoxy) is 1. The van der Waals surface area contributed by atoms with E-state index in [2.05, 4.69) is 15.9 Å². The van der Waals surface area contributed by atoms with E-state index in [4.69, 9.17) is 4.74 Å². The maximum atomic E-state index is 11.4. The number of methoxy groups -OCH3 is 1. The first-order valence-corrected chi connectivity index (χ1v) is 6.11. The average Bonchev–Trinajstić information content (AvgIpc) is 2.20. The van der Waals surface area contributed by atoms with Gasteiger partial charge >= 0.3 is 5.97 Å². The van der Waals surface area contributed by atoms with Gasteiger partial charge in [0.05, 0.1) is 12.5 Å². The molecule has 1 fully saturated rings. The van der Waals surface area contributed by atoms with Crippen molar-refractivity contribution in [1.82, 2.24) is 0 Å². The number of aromatic hydroxyl groups is 1. The minimum Gasteiger partial charge on any atom is -0.504 e. The number of phenols is 1. The summed E-state index contributed by atoms with van der Waals surface area (Å²) in [5, 5.41) is 19.4. The van der Waals surface area contributed by atoms with Crippen LogP contribution >= 0.6 is 15.9 Å². The Balaban J connectivity index is 2.58. The summed E-state index contributed by atoms with van der Waals surface area (Å²) in [6.07, 6.45) is 1.96. The molecule has 92 valence electrons. The molecular weight excluding hydrogens is 288 g/mol. The van der Waals surface area contributed by atoms with Crippen molar-refractivity contribution >= 4 is 21.9 Å². The van der Waals surface area contributed by atoms with Gasteiger partial charge in [-0.2, -0.15) is 0 Å². The van der Waals surface area contributed by atoms with Crippen LogP contribution in [0.2, 0.25) is 0 Å². The molecule has 2 rings (SSSR count). The number of carbonyl (C=O) groups is 1. The third-order valence-corrected chi connectivity index (χ3v) is 3.85. The highest BCUT2D eigenvalue weighted by Gasteiger charge is 2.48. The Hall–Kier alpha value is -1.23. The van der Waals surface area contributed by atoms with E-state index >= 15 is 0 Å². The zero-order valence-corrected chi connectivity index (χ0v) is 11.0. The Morgan fingerprint density at radius 1 is 1.47 bits per heavy atom. The van der Waals surface area contributed by atoms with Crippen LogP contribution in [0.25, 0.3) is 0 Å². The van der Waals surface area contributed by atoms with Crippen LogP contribution in [-0.2, 0) is 10.2 Å². The lowest BCUT2D eigenvalue weighted by Crippen LogP contribution is -2.42. The Morgan fingerprint density at radius 3 is 2.53 bits per heavy atom. The molecule has 1 aromatic rings. The van der Waals surface area contributed by atoms with Gasteiger partial charge in [-0.05, 0) is 25.0 Å². The molecule has 1 saturated carbocycles. The van der Waals surface area contributed by atoms with Crippen molar-refractivity contribution in [3.63, 3.8) is 0 Å². The second kappa shape index (κ2) is 4.22. The van der Waals surface area contributed by atoms with E-state index in [1.165, 1.54) is 7.11 Å². The van der Waals surface area contributed by atoms with E-state index in [1.807, 2.05) is 0 Å². The Kier molecular flexibility index (Phi) is 3.03. The minimum atomic E-state index is -0.957. The summed E-state index contributed by atoms with van der Waals surface area (Å²) >= 11 is 3.30. The molecule has 0 spiro atoms. The van der Waals surface area contributed by atoms with Crippen LogP contribution in [0.1, 0.15) is 24.8 Å². The molecule has 0 aromatic heterocycles. The first-order chi connectivity index (χ1) is 8.01. The van der Waals surface area contributed by atoms with Gasteiger partial charge in [0.2, 0.25) is 0 Å². The summed E-state index contributed by atoms with van der Waals surface area (Å²) in [6, 6.07) is 3.28. The van der Waals surface area contributed by atoms with Crippen LogP contribution in [0.5, 0.6) is 11.5 Å². The van der Waals surface area contributed by atoms with Crippen LogP contribution in [0, 0.1) is 0 Å². The number of hydrogen-bond acceptors (Lipinski definition) is 3. The summed E-state index contributed by atoms with van der Waals surface area (Å²) in [5.41, 5.74) is -0.524. The number of rotatable bonds is 3. The molecular formula is C12H13BrO4. The predicted molar refractivity (Wildman–Crippen MR) is 65.5 cm³/mol. The van der Waals surface area contributed by atoms with Gasteiger partial charge in [-0.1, -0.05) is 22.4 Å². The highest BCUT2D eigenvalue weighted by molar-refractivity contribution is 9.10. The zero-order chi connectivity index (χ0) is 12.6. The van der Waals surface area contributed by atoms with Gasteiger partial charge in [0.1, 0.15) is 0 Å². The summed E-state index contributed by atoms with van der Waals surface area (Å²) in [4.78, 5) is 11.4. The van der Waals surface area contributed by atoms with Crippen molar-refractivity contribution < 1.29 is 19.7 Å². The van der Waals surface area contributed by atoms with Crippen LogP contribution in [0.3, 0.4) is 0 Å². The van der Waals surface area contributed by atoms with Crippen molar-refractivity contribution in [1.29, 1.82) is 0 Å². The van der Waals surface area contributed by atoms with Crippen LogP contribution < -0.4 is 4.74 Å². The van der Waals surface area contributed by atoms with E-state index in [-0.39, 0.29) is 5.75 Å². The normalized spacial score (nSPS) is 17.3. The van der Waals surface area contributed by atoms with Crippen molar-refractivity contribution in [2.45, 2.75) is 24.7 Å². The lowest BCUT2D eigenvalue weighted by molar-refractivity contribution is -0.147. The molecule has 4 nitrogen and oxygen atoms in total. The number of carboxylic acid groups (broad SMARTS) is 1. The Labute approximate surface area is 107 Å². The second-order valence-electron chi connectivity index (χ2n) is 4.25.